The second kappa shape index (κ2) is 9.13. The number of rotatable bonds is 9. The molecule has 0 spiro atoms. The molecule has 3 unspecified atom stereocenters. The quantitative estimate of drug-likeness (QED) is 0.516. The van der Waals surface area contributed by atoms with Crippen LogP contribution in [0.5, 0.6) is 0 Å². The van der Waals surface area contributed by atoms with Crippen molar-refractivity contribution in [3.63, 3.8) is 0 Å². The summed E-state index contributed by atoms with van der Waals surface area (Å²) in [6.45, 7) is 4.22. The van der Waals surface area contributed by atoms with E-state index in [1.807, 2.05) is 13.8 Å². The summed E-state index contributed by atoms with van der Waals surface area (Å²) in [6.07, 6.45) is 3.94. The van der Waals surface area contributed by atoms with Gasteiger partial charge in [-0.25, -0.2) is 0 Å². The molecule has 15 heavy (non-hydrogen) atoms. The van der Waals surface area contributed by atoms with Crippen LogP contribution in [0.25, 0.3) is 0 Å². The van der Waals surface area contributed by atoms with Crippen LogP contribution in [0.15, 0.2) is 0 Å². The lowest BCUT2D eigenvalue weighted by atomic mass is 9.88. The average molecular weight is 218 g/mol. The Morgan fingerprint density at radius 3 is 2.00 bits per heavy atom. The van der Waals surface area contributed by atoms with Gasteiger partial charge in [0.15, 0.2) is 0 Å². The number of hydrogen-bond donors (Lipinski definition) is 3. The molecule has 0 saturated heterocycles. The van der Waals surface area contributed by atoms with Crippen molar-refractivity contribution in [3.05, 3.63) is 0 Å². The molecule has 0 saturated carbocycles. The molecule has 0 fully saturated rings. The monoisotopic (exact) mass is 218 g/mol. The Kier molecular flexibility index (Phi) is 9.06. The minimum atomic E-state index is -0.428. The minimum absolute atomic E-state index is 0.0105. The van der Waals surface area contributed by atoms with Crippen LogP contribution in [0.3, 0.4) is 0 Å². The molecular weight excluding hydrogens is 192 g/mol. The molecule has 0 rings (SSSR count). The van der Waals surface area contributed by atoms with Crippen LogP contribution >= 0.6 is 0 Å². The lowest BCUT2D eigenvalue weighted by Crippen LogP contribution is -2.31. The molecule has 3 heteroatoms. The summed E-state index contributed by atoms with van der Waals surface area (Å²) in [6, 6.07) is 0. The van der Waals surface area contributed by atoms with E-state index in [9.17, 15) is 10.2 Å². The van der Waals surface area contributed by atoms with Crippen LogP contribution in [0.4, 0.5) is 0 Å². The highest BCUT2D eigenvalue weighted by Gasteiger charge is 2.23. The molecule has 0 aliphatic carbocycles. The van der Waals surface area contributed by atoms with Crippen LogP contribution < -0.4 is 0 Å². The first-order valence-electron chi connectivity index (χ1n) is 6.14. The molecule has 0 aromatic carbocycles. The summed E-state index contributed by atoms with van der Waals surface area (Å²) in [4.78, 5) is 0. The van der Waals surface area contributed by atoms with Gasteiger partial charge in [-0.3, -0.25) is 0 Å². The van der Waals surface area contributed by atoms with Crippen molar-refractivity contribution in [1.29, 1.82) is 0 Å². The molecule has 0 radical (unpaired) electrons. The Bertz CT molecular complexity index is 139. The van der Waals surface area contributed by atoms with Crippen LogP contribution in [-0.2, 0) is 0 Å². The Balaban J connectivity index is 3.91. The topological polar surface area (TPSA) is 60.7 Å². The van der Waals surface area contributed by atoms with Crippen molar-refractivity contribution in [2.24, 2.45) is 5.92 Å². The number of aliphatic hydroxyl groups is 3. The fourth-order valence-electron chi connectivity index (χ4n) is 1.99. The van der Waals surface area contributed by atoms with Crippen molar-refractivity contribution < 1.29 is 15.3 Å². The van der Waals surface area contributed by atoms with E-state index in [0.717, 1.165) is 32.1 Å². The first-order valence-corrected chi connectivity index (χ1v) is 6.14. The predicted octanol–water partition coefficient (Wildman–Crippen LogP) is 1.70. The van der Waals surface area contributed by atoms with Crippen LogP contribution in [0.1, 0.15) is 52.4 Å². The lowest BCUT2D eigenvalue weighted by molar-refractivity contribution is 0.000804. The highest BCUT2D eigenvalue weighted by molar-refractivity contribution is 4.75. The molecule has 0 heterocycles. The summed E-state index contributed by atoms with van der Waals surface area (Å²) >= 11 is 0. The van der Waals surface area contributed by atoms with Gasteiger partial charge in [0.1, 0.15) is 0 Å². The van der Waals surface area contributed by atoms with E-state index in [0.29, 0.717) is 6.42 Å². The molecule has 3 N–H and O–H groups in total. The van der Waals surface area contributed by atoms with Crippen molar-refractivity contribution in [2.45, 2.75) is 64.6 Å². The summed E-state index contributed by atoms with van der Waals surface area (Å²) in [7, 11) is 0. The van der Waals surface area contributed by atoms with E-state index in [2.05, 4.69) is 0 Å². The van der Waals surface area contributed by atoms with Crippen molar-refractivity contribution >= 4 is 0 Å². The summed E-state index contributed by atoms with van der Waals surface area (Å²) in [5, 5.41) is 28.4. The summed E-state index contributed by atoms with van der Waals surface area (Å²) < 4.78 is 0. The van der Waals surface area contributed by atoms with Gasteiger partial charge in [-0.15, -0.1) is 0 Å². The second-order valence-corrected chi connectivity index (χ2v) is 4.21. The lowest BCUT2D eigenvalue weighted by Gasteiger charge is -2.26. The van der Waals surface area contributed by atoms with Crippen LogP contribution in [0, 0.1) is 5.92 Å². The van der Waals surface area contributed by atoms with Gasteiger partial charge in [0.2, 0.25) is 0 Å². The number of hydrogen-bond acceptors (Lipinski definition) is 3. The molecule has 92 valence electrons. The highest BCUT2D eigenvalue weighted by Crippen LogP contribution is 2.21. The molecule has 3 nitrogen and oxygen atoms in total. The molecule has 0 aromatic rings. The van der Waals surface area contributed by atoms with Crippen molar-refractivity contribution in [2.75, 3.05) is 6.61 Å². The normalized spacial score (nSPS) is 17.4. The molecule has 0 aliphatic rings. The van der Waals surface area contributed by atoms with E-state index in [-0.39, 0.29) is 18.6 Å². The first kappa shape index (κ1) is 14.9. The molecular formula is C12H26O3. The highest BCUT2D eigenvalue weighted by atomic mass is 16.3. The number of unbranched alkanes of at least 4 members (excludes halogenated alkanes) is 1. The van der Waals surface area contributed by atoms with Crippen LogP contribution in [-0.4, -0.2) is 34.1 Å². The Morgan fingerprint density at radius 1 is 0.933 bits per heavy atom. The maximum absolute atomic E-state index is 9.89. The minimum Gasteiger partial charge on any atom is -0.396 e. The molecule has 0 bridgehead atoms. The van der Waals surface area contributed by atoms with Gasteiger partial charge in [-0.1, -0.05) is 20.3 Å². The average Bonchev–Trinajstić information content (AvgIpc) is 2.19. The number of aliphatic hydroxyl groups excluding tert-OH is 3. The standard InChI is InChI=1S/C12H26O3/c1-3-7-11(14)10(4-2)12(15)8-5-6-9-13/h10-15H,3-9H2,1-2H3. The van der Waals surface area contributed by atoms with Gasteiger partial charge < -0.3 is 15.3 Å². The van der Waals surface area contributed by atoms with Gasteiger partial charge in [0, 0.05) is 12.5 Å². The zero-order valence-electron chi connectivity index (χ0n) is 10.0. The van der Waals surface area contributed by atoms with E-state index >= 15 is 0 Å². The molecule has 0 aliphatic heterocycles. The van der Waals surface area contributed by atoms with Crippen LogP contribution in [0.2, 0.25) is 0 Å². The van der Waals surface area contributed by atoms with Gasteiger partial charge in [0.05, 0.1) is 12.2 Å². The predicted molar refractivity (Wildman–Crippen MR) is 61.6 cm³/mol. The van der Waals surface area contributed by atoms with E-state index in [1.165, 1.54) is 0 Å². The zero-order chi connectivity index (χ0) is 11.7. The first-order chi connectivity index (χ1) is 7.17. The molecule has 0 aromatic heterocycles. The Hall–Kier alpha value is -0.120. The molecule has 3 atom stereocenters. The van der Waals surface area contributed by atoms with Crippen molar-refractivity contribution in [3.8, 4) is 0 Å². The SMILES string of the molecule is CCCC(O)C(CC)C(O)CCCCO. The maximum Gasteiger partial charge on any atom is 0.0593 e. The van der Waals surface area contributed by atoms with Gasteiger partial charge in [0.25, 0.3) is 0 Å². The smallest absolute Gasteiger partial charge is 0.0593 e. The maximum atomic E-state index is 9.89. The fourth-order valence-corrected chi connectivity index (χ4v) is 1.99. The third kappa shape index (κ3) is 6.13. The van der Waals surface area contributed by atoms with Gasteiger partial charge in [-0.2, -0.15) is 0 Å². The van der Waals surface area contributed by atoms with E-state index in [1.54, 1.807) is 0 Å². The fraction of sp³-hybridized carbons (Fsp3) is 1.00. The van der Waals surface area contributed by atoms with Gasteiger partial charge in [-0.05, 0) is 32.1 Å². The second-order valence-electron chi connectivity index (χ2n) is 4.21. The largest absolute Gasteiger partial charge is 0.396 e. The zero-order valence-corrected chi connectivity index (χ0v) is 10.0. The molecule has 0 amide bonds. The van der Waals surface area contributed by atoms with Crippen molar-refractivity contribution in [1.82, 2.24) is 0 Å². The third-order valence-corrected chi connectivity index (χ3v) is 2.95. The summed E-state index contributed by atoms with van der Waals surface area (Å²) in [5.74, 6) is -0.0105. The third-order valence-electron chi connectivity index (χ3n) is 2.95. The van der Waals surface area contributed by atoms with E-state index in [4.69, 9.17) is 5.11 Å². The summed E-state index contributed by atoms with van der Waals surface area (Å²) in [5.41, 5.74) is 0. The van der Waals surface area contributed by atoms with Gasteiger partial charge >= 0.3 is 0 Å². The van der Waals surface area contributed by atoms with E-state index < -0.39 is 6.10 Å². The Morgan fingerprint density at radius 2 is 1.53 bits per heavy atom. The Labute approximate surface area is 93.1 Å².